The second-order valence-electron chi connectivity index (χ2n) is 8.94. The van der Waals surface area contributed by atoms with Gasteiger partial charge in [-0.3, -0.25) is 14.5 Å². The van der Waals surface area contributed by atoms with E-state index < -0.39 is 17.7 Å². The van der Waals surface area contributed by atoms with Crippen molar-refractivity contribution in [1.82, 2.24) is 9.80 Å². The summed E-state index contributed by atoms with van der Waals surface area (Å²) < 4.78 is 22.0. The van der Waals surface area contributed by atoms with Gasteiger partial charge in [0.15, 0.2) is 11.5 Å². The van der Waals surface area contributed by atoms with Crippen LogP contribution in [0.15, 0.2) is 48.0 Å². The summed E-state index contributed by atoms with van der Waals surface area (Å²) in [6.07, 6.45) is 0.692. The van der Waals surface area contributed by atoms with Crippen LogP contribution in [0.5, 0.6) is 17.2 Å². The van der Waals surface area contributed by atoms with E-state index in [0.29, 0.717) is 67.8 Å². The molecule has 3 aliphatic heterocycles. The van der Waals surface area contributed by atoms with Crippen molar-refractivity contribution in [1.29, 1.82) is 0 Å². The van der Waals surface area contributed by atoms with Crippen LogP contribution in [0.3, 0.4) is 0 Å². The lowest BCUT2D eigenvalue weighted by Crippen LogP contribution is -2.38. The Balaban J connectivity index is 1.49. The SMILES string of the molecule is COc1cccc(C2C(=C(O)c3ccc4c(c3)OCCO4)C(=O)C(=O)N2CCCN2CCOCC2)c1. The summed E-state index contributed by atoms with van der Waals surface area (Å²) >= 11 is 0. The number of methoxy groups -OCH3 is 1. The maximum absolute atomic E-state index is 13.3. The van der Waals surface area contributed by atoms with Crippen molar-refractivity contribution >= 4 is 17.4 Å². The highest BCUT2D eigenvalue weighted by molar-refractivity contribution is 6.46. The molecule has 2 fully saturated rings. The van der Waals surface area contributed by atoms with Crippen LogP contribution in [0.2, 0.25) is 0 Å². The van der Waals surface area contributed by atoms with E-state index in [4.69, 9.17) is 18.9 Å². The molecule has 0 bridgehead atoms. The van der Waals surface area contributed by atoms with Gasteiger partial charge in [-0.1, -0.05) is 12.1 Å². The molecule has 9 nitrogen and oxygen atoms in total. The van der Waals surface area contributed by atoms with Gasteiger partial charge in [0.25, 0.3) is 11.7 Å². The molecule has 0 radical (unpaired) electrons. The van der Waals surface area contributed by atoms with Crippen LogP contribution in [0.25, 0.3) is 5.76 Å². The molecular weight excluding hydrogens is 464 g/mol. The number of hydrogen-bond donors (Lipinski definition) is 1. The number of likely N-dealkylation sites (tertiary alicyclic amines) is 1. The summed E-state index contributed by atoms with van der Waals surface area (Å²) in [7, 11) is 1.56. The minimum atomic E-state index is -0.738. The van der Waals surface area contributed by atoms with E-state index in [9.17, 15) is 14.7 Å². The number of aliphatic hydroxyl groups excluding tert-OH is 1. The fourth-order valence-electron chi connectivity index (χ4n) is 4.90. The predicted octanol–water partition coefficient (Wildman–Crippen LogP) is 2.61. The standard InChI is InChI=1S/C27H30N2O7/c1-33-20-5-2-4-18(16-20)24-23(25(30)19-6-7-21-22(17-19)36-15-14-35-21)26(31)27(32)29(24)9-3-8-28-10-12-34-13-11-28/h2,4-7,16-17,24,30H,3,8-15H2,1H3. The Morgan fingerprint density at radius 1 is 1.00 bits per heavy atom. The quantitative estimate of drug-likeness (QED) is 0.357. The molecule has 1 amide bonds. The van der Waals surface area contributed by atoms with Gasteiger partial charge >= 0.3 is 0 Å². The number of Topliss-reactive ketones (excluding diaryl/α,β-unsaturated/α-hetero) is 1. The third-order valence-electron chi connectivity index (χ3n) is 6.74. The summed E-state index contributed by atoms with van der Waals surface area (Å²) in [5.41, 5.74) is 1.13. The van der Waals surface area contributed by atoms with Crippen LogP contribution < -0.4 is 14.2 Å². The van der Waals surface area contributed by atoms with Gasteiger partial charge in [-0.15, -0.1) is 0 Å². The van der Waals surface area contributed by atoms with Crippen molar-refractivity contribution in [2.75, 3.05) is 59.7 Å². The van der Waals surface area contributed by atoms with Gasteiger partial charge in [-0.05, 0) is 42.3 Å². The third-order valence-corrected chi connectivity index (χ3v) is 6.74. The Bertz CT molecular complexity index is 1170. The number of ketones is 1. The average Bonchev–Trinajstić information content (AvgIpc) is 3.18. The van der Waals surface area contributed by atoms with Gasteiger partial charge in [-0.2, -0.15) is 0 Å². The first-order valence-electron chi connectivity index (χ1n) is 12.2. The third kappa shape index (κ3) is 4.76. The van der Waals surface area contributed by atoms with E-state index in [-0.39, 0.29) is 11.3 Å². The Hall–Kier alpha value is -3.56. The predicted molar refractivity (Wildman–Crippen MR) is 131 cm³/mol. The van der Waals surface area contributed by atoms with Gasteiger partial charge in [0.2, 0.25) is 0 Å². The number of aliphatic hydroxyl groups is 1. The van der Waals surface area contributed by atoms with Crippen LogP contribution >= 0.6 is 0 Å². The van der Waals surface area contributed by atoms with Gasteiger partial charge in [0.05, 0.1) is 31.9 Å². The molecule has 9 heteroatoms. The number of fused-ring (bicyclic) bond motifs is 1. The molecule has 1 N–H and O–H groups in total. The second kappa shape index (κ2) is 10.6. The number of morpholine rings is 1. The van der Waals surface area contributed by atoms with Crippen molar-refractivity contribution in [3.05, 3.63) is 59.2 Å². The zero-order valence-electron chi connectivity index (χ0n) is 20.3. The first-order valence-corrected chi connectivity index (χ1v) is 12.2. The minimum Gasteiger partial charge on any atom is -0.507 e. The molecule has 2 saturated heterocycles. The van der Waals surface area contributed by atoms with Crippen LogP contribution in [-0.4, -0.2) is 86.3 Å². The van der Waals surface area contributed by atoms with Crippen molar-refractivity contribution in [2.45, 2.75) is 12.5 Å². The van der Waals surface area contributed by atoms with Crippen molar-refractivity contribution in [2.24, 2.45) is 0 Å². The number of hydrogen-bond acceptors (Lipinski definition) is 8. The molecule has 0 spiro atoms. The number of amides is 1. The molecule has 5 rings (SSSR count). The molecule has 0 aliphatic carbocycles. The normalized spacial score (nSPS) is 21.6. The number of carbonyl (C=O) groups excluding carboxylic acids is 2. The Kier molecular flexibility index (Phi) is 7.11. The summed E-state index contributed by atoms with van der Waals surface area (Å²) in [5.74, 6) is 0.0960. The van der Waals surface area contributed by atoms with E-state index in [1.54, 1.807) is 42.3 Å². The first-order chi connectivity index (χ1) is 17.6. The van der Waals surface area contributed by atoms with E-state index in [2.05, 4.69) is 4.90 Å². The summed E-state index contributed by atoms with van der Waals surface area (Å²) in [6, 6.07) is 11.5. The van der Waals surface area contributed by atoms with Crippen LogP contribution in [0.1, 0.15) is 23.6 Å². The first kappa shape index (κ1) is 24.1. The lowest BCUT2D eigenvalue weighted by atomic mass is 9.95. The minimum absolute atomic E-state index is 0.0521. The fraction of sp³-hybridized carbons (Fsp3) is 0.407. The lowest BCUT2D eigenvalue weighted by molar-refractivity contribution is -0.140. The molecule has 3 heterocycles. The molecule has 0 aromatic heterocycles. The van der Waals surface area contributed by atoms with E-state index >= 15 is 0 Å². The monoisotopic (exact) mass is 494 g/mol. The molecule has 3 aliphatic rings. The number of benzene rings is 2. The maximum atomic E-state index is 13.3. The molecule has 2 aromatic carbocycles. The Labute approximate surface area is 209 Å². The zero-order chi connectivity index (χ0) is 25.1. The second-order valence-corrected chi connectivity index (χ2v) is 8.94. The van der Waals surface area contributed by atoms with Gasteiger partial charge < -0.3 is 29.0 Å². The molecule has 0 saturated carbocycles. The van der Waals surface area contributed by atoms with Gasteiger partial charge in [-0.25, -0.2) is 0 Å². The van der Waals surface area contributed by atoms with Gasteiger partial charge in [0.1, 0.15) is 24.7 Å². The van der Waals surface area contributed by atoms with E-state index in [1.807, 2.05) is 12.1 Å². The van der Waals surface area contributed by atoms with Crippen molar-refractivity contribution < 1.29 is 33.6 Å². The van der Waals surface area contributed by atoms with Gasteiger partial charge in [0, 0.05) is 31.7 Å². The largest absolute Gasteiger partial charge is 0.507 e. The average molecular weight is 495 g/mol. The van der Waals surface area contributed by atoms with E-state index in [0.717, 1.165) is 19.6 Å². The summed E-state index contributed by atoms with van der Waals surface area (Å²) in [4.78, 5) is 30.4. The number of nitrogens with zero attached hydrogens (tertiary/aromatic N) is 2. The highest BCUT2D eigenvalue weighted by Gasteiger charge is 2.46. The molecule has 36 heavy (non-hydrogen) atoms. The lowest BCUT2D eigenvalue weighted by Gasteiger charge is -2.29. The molecule has 1 unspecified atom stereocenters. The smallest absolute Gasteiger partial charge is 0.295 e. The van der Waals surface area contributed by atoms with E-state index in [1.165, 1.54) is 0 Å². The molecule has 2 aromatic rings. The number of rotatable bonds is 7. The molecule has 190 valence electrons. The Morgan fingerprint density at radius 3 is 2.56 bits per heavy atom. The van der Waals surface area contributed by atoms with Crippen LogP contribution in [0.4, 0.5) is 0 Å². The maximum Gasteiger partial charge on any atom is 0.295 e. The molecular formula is C27H30N2O7. The summed E-state index contributed by atoms with van der Waals surface area (Å²) in [5, 5.41) is 11.3. The van der Waals surface area contributed by atoms with Crippen LogP contribution in [0, 0.1) is 0 Å². The zero-order valence-corrected chi connectivity index (χ0v) is 20.3. The fourth-order valence-corrected chi connectivity index (χ4v) is 4.90. The topological polar surface area (TPSA) is 97.8 Å². The van der Waals surface area contributed by atoms with Crippen molar-refractivity contribution in [3.8, 4) is 17.2 Å². The van der Waals surface area contributed by atoms with Crippen molar-refractivity contribution in [3.63, 3.8) is 0 Å². The molecule has 1 atom stereocenters. The highest BCUT2D eigenvalue weighted by atomic mass is 16.6. The summed E-state index contributed by atoms with van der Waals surface area (Å²) in [6.45, 7) is 5.11. The highest BCUT2D eigenvalue weighted by Crippen LogP contribution is 2.41. The number of carbonyl (C=O) groups is 2. The Morgan fingerprint density at radius 2 is 1.78 bits per heavy atom. The number of ether oxygens (including phenoxy) is 4. The van der Waals surface area contributed by atoms with Crippen LogP contribution in [-0.2, 0) is 14.3 Å².